The van der Waals surface area contributed by atoms with Crippen LogP contribution in [0.15, 0.2) is 17.1 Å². The molecule has 1 saturated heterocycles. The molecule has 1 fully saturated rings. The normalized spacial score (nSPS) is 27.5. The van der Waals surface area contributed by atoms with E-state index in [2.05, 4.69) is 4.99 Å². The standard InChI is InChI=1S/C21H29F2N3O4/c1-5-12(2)9-29-18-7-14(16(22)8-17(18)23)21-11-30-13(10-28-4)6-15(21)19(27)26(3)20(24)25-21/h7-8,12-13,15H,5-6,9-11H2,1-4H3,(H2,24,25)/t12?,13-,15+,21-/m1/s1. The molecule has 9 heteroatoms. The fraction of sp³-hybridized carbons (Fsp3) is 0.619. The van der Waals surface area contributed by atoms with Gasteiger partial charge in [0.2, 0.25) is 5.91 Å². The van der Waals surface area contributed by atoms with Crippen LogP contribution in [-0.2, 0) is 19.8 Å². The molecular weight excluding hydrogens is 396 g/mol. The molecule has 1 aromatic carbocycles. The highest BCUT2D eigenvalue weighted by molar-refractivity contribution is 6.00. The van der Waals surface area contributed by atoms with Crippen LogP contribution in [0, 0.1) is 23.5 Å². The Hall–Kier alpha value is -2.26. The smallest absolute Gasteiger partial charge is 0.235 e. The van der Waals surface area contributed by atoms with Gasteiger partial charge >= 0.3 is 0 Å². The molecule has 0 aromatic heterocycles. The summed E-state index contributed by atoms with van der Waals surface area (Å²) in [6.07, 6.45) is 0.788. The number of hydrogen-bond acceptors (Lipinski definition) is 6. The predicted molar refractivity (Wildman–Crippen MR) is 107 cm³/mol. The van der Waals surface area contributed by atoms with Gasteiger partial charge < -0.3 is 19.9 Å². The van der Waals surface area contributed by atoms with Crippen molar-refractivity contribution in [1.82, 2.24) is 4.90 Å². The average molecular weight is 425 g/mol. The zero-order chi connectivity index (χ0) is 22.1. The summed E-state index contributed by atoms with van der Waals surface area (Å²) in [7, 11) is 3.06. The van der Waals surface area contributed by atoms with Gasteiger partial charge in [-0.2, -0.15) is 0 Å². The minimum atomic E-state index is -1.40. The lowest BCUT2D eigenvalue weighted by atomic mass is 9.72. The second-order valence-corrected chi connectivity index (χ2v) is 8.06. The Bertz CT molecular complexity index is 835. The quantitative estimate of drug-likeness (QED) is 0.725. The van der Waals surface area contributed by atoms with Crippen LogP contribution in [0.25, 0.3) is 0 Å². The number of aliphatic imine (C=N–C) groups is 1. The van der Waals surface area contributed by atoms with Crippen LogP contribution >= 0.6 is 0 Å². The molecule has 1 aromatic rings. The van der Waals surface area contributed by atoms with E-state index in [9.17, 15) is 9.18 Å². The predicted octanol–water partition coefficient (Wildman–Crippen LogP) is 2.42. The second kappa shape index (κ2) is 8.85. The number of amides is 1. The lowest BCUT2D eigenvalue weighted by molar-refractivity contribution is -0.148. The van der Waals surface area contributed by atoms with E-state index in [-0.39, 0.29) is 61.4 Å². The average Bonchev–Trinajstić information content (AvgIpc) is 2.72. The Balaban J connectivity index is 2.07. The van der Waals surface area contributed by atoms with Crippen molar-refractivity contribution >= 4 is 11.9 Å². The molecule has 0 spiro atoms. The molecule has 30 heavy (non-hydrogen) atoms. The molecule has 1 amide bonds. The van der Waals surface area contributed by atoms with Gasteiger partial charge in [0, 0.05) is 25.8 Å². The molecule has 2 N–H and O–H groups in total. The lowest BCUT2D eigenvalue weighted by Crippen LogP contribution is -2.60. The zero-order valence-electron chi connectivity index (χ0n) is 17.8. The molecule has 0 aliphatic carbocycles. The van der Waals surface area contributed by atoms with E-state index in [1.807, 2.05) is 13.8 Å². The second-order valence-electron chi connectivity index (χ2n) is 8.06. The van der Waals surface area contributed by atoms with Gasteiger partial charge in [0.25, 0.3) is 0 Å². The van der Waals surface area contributed by atoms with Crippen LogP contribution in [0.1, 0.15) is 32.3 Å². The highest BCUT2D eigenvalue weighted by Gasteiger charge is 2.54. The van der Waals surface area contributed by atoms with Crippen molar-refractivity contribution < 1.29 is 27.8 Å². The Kier molecular flexibility index (Phi) is 6.62. The van der Waals surface area contributed by atoms with Crippen LogP contribution < -0.4 is 10.5 Å². The van der Waals surface area contributed by atoms with Crippen LogP contribution in [0.4, 0.5) is 8.78 Å². The van der Waals surface area contributed by atoms with Gasteiger partial charge in [0.05, 0.1) is 31.8 Å². The molecule has 1 unspecified atom stereocenters. The SMILES string of the molecule is CCC(C)COc1cc([C@]23CO[C@@H](COC)C[C@H]2C(=O)N(C)C(N)=N3)c(F)cc1F. The third kappa shape index (κ3) is 4.00. The fourth-order valence-electron chi connectivity index (χ4n) is 3.86. The number of hydrogen-bond donors (Lipinski definition) is 1. The molecule has 2 heterocycles. The molecule has 4 atom stereocenters. The van der Waals surface area contributed by atoms with E-state index in [1.165, 1.54) is 25.1 Å². The highest BCUT2D eigenvalue weighted by atomic mass is 19.1. The summed E-state index contributed by atoms with van der Waals surface area (Å²) in [6.45, 7) is 4.47. The first-order valence-electron chi connectivity index (χ1n) is 10.1. The largest absolute Gasteiger partial charge is 0.490 e. The molecule has 2 aliphatic rings. The Morgan fingerprint density at radius 2 is 2.13 bits per heavy atom. The summed E-state index contributed by atoms with van der Waals surface area (Å²) in [5, 5.41) is 0. The molecule has 166 valence electrons. The fourth-order valence-corrected chi connectivity index (χ4v) is 3.86. The summed E-state index contributed by atoms with van der Waals surface area (Å²) in [4.78, 5) is 18.8. The minimum Gasteiger partial charge on any atom is -0.490 e. The van der Waals surface area contributed by atoms with Crippen molar-refractivity contribution in [3.8, 4) is 5.75 Å². The van der Waals surface area contributed by atoms with Gasteiger partial charge in [-0.1, -0.05) is 20.3 Å². The van der Waals surface area contributed by atoms with E-state index in [0.29, 0.717) is 0 Å². The van der Waals surface area contributed by atoms with Crippen LogP contribution in [0.3, 0.4) is 0 Å². The summed E-state index contributed by atoms with van der Waals surface area (Å²) >= 11 is 0. The number of carbonyl (C=O) groups excluding carboxylic acids is 1. The molecule has 0 radical (unpaired) electrons. The number of nitrogens with two attached hydrogens (primary N) is 1. The maximum atomic E-state index is 15.0. The van der Waals surface area contributed by atoms with Gasteiger partial charge in [-0.15, -0.1) is 0 Å². The first kappa shape index (κ1) is 22.4. The number of nitrogens with zero attached hydrogens (tertiary/aromatic N) is 2. The third-order valence-electron chi connectivity index (χ3n) is 5.96. The zero-order valence-corrected chi connectivity index (χ0v) is 17.8. The van der Waals surface area contributed by atoms with E-state index < -0.39 is 23.1 Å². The third-order valence-corrected chi connectivity index (χ3v) is 5.96. The van der Waals surface area contributed by atoms with Crippen molar-refractivity contribution in [1.29, 1.82) is 0 Å². The van der Waals surface area contributed by atoms with Crippen molar-refractivity contribution in [3.63, 3.8) is 0 Å². The number of methoxy groups -OCH3 is 1. The molecule has 7 nitrogen and oxygen atoms in total. The Morgan fingerprint density at radius 3 is 2.80 bits per heavy atom. The number of carbonyl (C=O) groups is 1. The van der Waals surface area contributed by atoms with Crippen molar-refractivity contribution in [2.24, 2.45) is 22.6 Å². The maximum absolute atomic E-state index is 15.0. The van der Waals surface area contributed by atoms with E-state index >= 15 is 4.39 Å². The van der Waals surface area contributed by atoms with E-state index in [4.69, 9.17) is 19.9 Å². The molecule has 0 bridgehead atoms. The monoisotopic (exact) mass is 425 g/mol. The van der Waals surface area contributed by atoms with E-state index in [0.717, 1.165) is 12.5 Å². The number of halogens is 2. The summed E-state index contributed by atoms with van der Waals surface area (Å²) in [5.41, 5.74) is 4.61. The van der Waals surface area contributed by atoms with E-state index in [1.54, 1.807) is 0 Å². The Morgan fingerprint density at radius 1 is 1.40 bits per heavy atom. The molecule has 3 rings (SSSR count). The first-order valence-corrected chi connectivity index (χ1v) is 10.1. The number of benzene rings is 1. The highest BCUT2D eigenvalue weighted by Crippen LogP contribution is 2.46. The van der Waals surface area contributed by atoms with Crippen LogP contribution in [-0.4, -0.2) is 56.8 Å². The lowest BCUT2D eigenvalue weighted by Gasteiger charge is -2.47. The number of fused-ring (bicyclic) bond motifs is 1. The number of guanidine groups is 1. The summed E-state index contributed by atoms with van der Waals surface area (Å²) in [6, 6.07) is 2.05. The van der Waals surface area contributed by atoms with Crippen molar-refractivity contribution in [2.45, 2.75) is 38.3 Å². The molecule has 0 saturated carbocycles. The van der Waals surface area contributed by atoms with Gasteiger partial charge in [-0.25, -0.2) is 13.8 Å². The molecule has 2 aliphatic heterocycles. The van der Waals surface area contributed by atoms with Gasteiger partial charge in [-0.05, 0) is 18.4 Å². The Labute approximate surface area is 175 Å². The first-order chi connectivity index (χ1) is 14.2. The number of ether oxygens (including phenoxy) is 3. The maximum Gasteiger partial charge on any atom is 0.235 e. The van der Waals surface area contributed by atoms with Crippen molar-refractivity contribution in [3.05, 3.63) is 29.3 Å². The van der Waals surface area contributed by atoms with Crippen LogP contribution in [0.2, 0.25) is 0 Å². The molecular formula is C21H29F2N3O4. The van der Waals surface area contributed by atoms with Gasteiger partial charge in [0.15, 0.2) is 17.5 Å². The van der Waals surface area contributed by atoms with Crippen LogP contribution in [0.5, 0.6) is 5.75 Å². The van der Waals surface area contributed by atoms with Gasteiger partial charge in [0.1, 0.15) is 11.4 Å². The summed E-state index contributed by atoms with van der Waals surface area (Å²) in [5.74, 6) is -2.58. The minimum absolute atomic E-state index is 0.0355. The topological polar surface area (TPSA) is 86.4 Å². The van der Waals surface area contributed by atoms with Gasteiger partial charge in [-0.3, -0.25) is 9.69 Å². The summed E-state index contributed by atoms with van der Waals surface area (Å²) < 4.78 is 46.1. The number of rotatable bonds is 7. The van der Waals surface area contributed by atoms with Crippen molar-refractivity contribution in [2.75, 3.05) is 34.0 Å².